The van der Waals surface area contributed by atoms with E-state index in [1.54, 1.807) is 39.2 Å². The summed E-state index contributed by atoms with van der Waals surface area (Å²) in [5.74, 6) is -4.00. The first kappa shape index (κ1) is 48.2. The van der Waals surface area contributed by atoms with Crippen LogP contribution >= 0.6 is 0 Å². The minimum Gasteiger partial charge on any atom is -0.458 e. The van der Waals surface area contributed by atoms with E-state index in [1.807, 2.05) is 41.8 Å². The number of amides is 1. The molecule has 340 valence electrons. The number of benzene rings is 1. The fourth-order valence-electron chi connectivity index (χ4n) is 9.31. The fraction of sp³-hybridized carbons (Fsp3) is 0.727. The number of aromatic nitrogens is 1. The smallest absolute Gasteiger partial charge is 0.319 e. The van der Waals surface area contributed by atoms with Crippen molar-refractivity contribution >= 4 is 46.2 Å². The third kappa shape index (κ3) is 10.5. The number of methoxy groups -OCH3 is 1. The van der Waals surface area contributed by atoms with Crippen molar-refractivity contribution in [3.05, 3.63) is 23.8 Å². The molecule has 1 aromatic carbocycles. The molecule has 3 fully saturated rings. The van der Waals surface area contributed by atoms with Crippen molar-refractivity contribution in [1.29, 1.82) is 0 Å². The minimum absolute atomic E-state index is 0.0380. The number of likely N-dealkylation sites (N-methyl/N-ethyl adjacent to an activating group) is 1. The van der Waals surface area contributed by atoms with Crippen molar-refractivity contribution in [2.24, 2.45) is 33.3 Å². The zero-order valence-electron chi connectivity index (χ0n) is 38.1. The highest BCUT2D eigenvalue weighted by Gasteiger charge is 2.55. The number of hydrogen-bond donors (Lipinski definition) is 2. The van der Waals surface area contributed by atoms with Crippen molar-refractivity contribution in [1.82, 2.24) is 9.88 Å². The molecule has 4 heterocycles. The average Bonchev–Trinajstić information content (AvgIpc) is 3.56. The van der Waals surface area contributed by atoms with E-state index in [4.69, 9.17) is 43.4 Å². The Morgan fingerprint density at radius 3 is 2.43 bits per heavy atom. The Morgan fingerprint density at radius 2 is 1.79 bits per heavy atom. The van der Waals surface area contributed by atoms with E-state index in [9.17, 15) is 19.5 Å². The van der Waals surface area contributed by atoms with Crippen LogP contribution in [0.25, 0.3) is 11.1 Å². The van der Waals surface area contributed by atoms with Gasteiger partial charge in [0.2, 0.25) is 5.91 Å². The highest BCUT2D eigenvalue weighted by molar-refractivity contribution is 6.04. The van der Waals surface area contributed by atoms with Gasteiger partial charge in [0.1, 0.15) is 41.1 Å². The Bertz CT molecular complexity index is 1950. The number of carbonyl (C=O) groups is 3. The molecular weight excluding hydrogens is 791 g/mol. The van der Waals surface area contributed by atoms with Crippen LogP contribution in [0.15, 0.2) is 32.8 Å². The van der Waals surface area contributed by atoms with Crippen LogP contribution in [-0.4, -0.2) is 133 Å². The lowest BCUT2D eigenvalue weighted by molar-refractivity contribution is -0.300. The molecule has 3 aliphatic heterocycles. The second-order valence-electron chi connectivity index (χ2n) is 18.2. The summed E-state index contributed by atoms with van der Waals surface area (Å²) >= 11 is 0. The zero-order chi connectivity index (χ0) is 45.2. The molecule has 0 aliphatic carbocycles. The van der Waals surface area contributed by atoms with Gasteiger partial charge in [0, 0.05) is 37.6 Å². The number of cyclic esters (lactones) is 1. The summed E-state index contributed by atoms with van der Waals surface area (Å²) < 4.78 is 44.7. The number of anilines is 1. The SMILES string of the molecule is CC[C@H]1OC(=O)C(C)(C)C(=O)[C@H](C)[C@@H](O[C@@H]2O[C@H](C)C[C@H](N(C)C)[C@H]2OC)[C@@]2(C)C[C@@H](C)C(=NC(C)=O)[C@H](C)[C@@H](OC/C(=N\OCc3ccc4oc(N)nc4c3)CO2)[C@]1(C)O. The number of rotatable bonds is 8. The van der Waals surface area contributed by atoms with Gasteiger partial charge in [-0.3, -0.25) is 14.4 Å². The molecule has 17 nitrogen and oxygen atoms in total. The first-order chi connectivity index (χ1) is 28.5. The van der Waals surface area contributed by atoms with Crippen LogP contribution in [0.4, 0.5) is 6.01 Å². The number of hydrogen-bond acceptors (Lipinski definition) is 16. The van der Waals surface area contributed by atoms with E-state index < -0.39 is 82.7 Å². The van der Waals surface area contributed by atoms with Crippen molar-refractivity contribution in [3.8, 4) is 0 Å². The predicted molar refractivity (Wildman–Crippen MR) is 227 cm³/mol. The molecule has 61 heavy (non-hydrogen) atoms. The number of carbonyl (C=O) groups excluding carboxylic acids is 3. The lowest BCUT2D eigenvalue weighted by Crippen LogP contribution is -2.61. The zero-order valence-corrected chi connectivity index (χ0v) is 38.1. The molecule has 12 atom stereocenters. The topological polar surface area (TPSA) is 216 Å². The molecule has 1 amide bonds. The molecule has 2 aromatic rings. The largest absolute Gasteiger partial charge is 0.458 e. The third-order valence-electron chi connectivity index (χ3n) is 12.6. The van der Waals surface area contributed by atoms with Crippen molar-refractivity contribution in [3.63, 3.8) is 0 Å². The van der Waals surface area contributed by atoms with Gasteiger partial charge in [-0.05, 0) is 91.6 Å². The first-order valence-corrected chi connectivity index (χ1v) is 21.2. The number of nitrogen functional groups attached to an aromatic ring is 1. The second kappa shape index (κ2) is 19.3. The van der Waals surface area contributed by atoms with Crippen LogP contribution < -0.4 is 5.73 Å². The molecule has 3 aliphatic rings. The number of esters is 1. The second-order valence-corrected chi connectivity index (χ2v) is 18.2. The van der Waals surface area contributed by atoms with E-state index in [-0.39, 0.29) is 50.8 Å². The van der Waals surface area contributed by atoms with Crippen molar-refractivity contribution < 1.29 is 57.2 Å². The number of aliphatic hydroxyl groups is 1. The monoisotopic (exact) mass is 857 g/mol. The molecule has 2 bridgehead atoms. The molecular formula is C44H67N5O12. The number of fused-ring (bicyclic) bond motifs is 6. The normalized spacial score (nSPS) is 37.0. The lowest BCUT2D eigenvalue weighted by Gasteiger charge is -2.48. The molecule has 0 radical (unpaired) electrons. The van der Waals surface area contributed by atoms with Gasteiger partial charge in [0.05, 0.1) is 37.1 Å². The van der Waals surface area contributed by atoms with Gasteiger partial charge < -0.3 is 53.4 Å². The van der Waals surface area contributed by atoms with Gasteiger partial charge in [0.15, 0.2) is 17.7 Å². The molecule has 0 saturated carbocycles. The summed E-state index contributed by atoms with van der Waals surface area (Å²) in [5, 5.41) is 17.0. The quantitative estimate of drug-likeness (QED) is 0.205. The highest BCUT2D eigenvalue weighted by atomic mass is 16.7. The van der Waals surface area contributed by atoms with E-state index in [0.29, 0.717) is 28.9 Å². The van der Waals surface area contributed by atoms with Crippen LogP contribution in [0, 0.1) is 23.2 Å². The predicted octanol–water partition coefficient (Wildman–Crippen LogP) is 4.89. The summed E-state index contributed by atoms with van der Waals surface area (Å²) in [6.07, 6.45) is -4.13. The highest BCUT2D eigenvalue weighted by Crippen LogP contribution is 2.42. The van der Waals surface area contributed by atoms with Crippen LogP contribution in [-0.2, 0) is 54.2 Å². The van der Waals surface area contributed by atoms with Crippen LogP contribution in [0.5, 0.6) is 0 Å². The summed E-state index contributed by atoms with van der Waals surface area (Å²) in [7, 11) is 5.51. The maximum Gasteiger partial charge on any atom is 0.319 e. The fourth-order valence-corrected chi connectivity index (χ4v) is 9.31. The van der Waals surface area contributed by atoms with Gasteiger partial charge in [-0.1, -0.05) is 38.9 Å². The summed E-state index contributed by atoms with van der Waals surface area (Å²) in [4.78, 5) is 58.8. The molecule has 5 rings (SSSR count). The number of nitrogens with zero attached hydrogens (tertiary/aromatic N) is 4. The van der Waals surface area contributed by atoms with Crippen LogP contribution in [0.2, 0.25) is 0 Å². The summed E-state index contributed by atoms with van der Waals surface area (Å²) in [5.41, 5.74) is 3.37. The average molecular weight is 858 g/mol. The van der Waals surface area contributed by atoms with E-state index in [1.165, 1.54) is 27.7 Å². The summed E-state index contributed by atoms with van der Waals surface area (Å²) in [6.45, 7) is 16.6. The van der Waals surface area contributed by atoms with Crippen molar-refractivity contribution in [2.75, 3.05) is 40.2 Å². The van der Waals surface area contributed by atoms with Gasteiger partial charge in [-0.25, -0.2) is 4.99 Å². The maximum absolute atomic E-state index is 14.9. The van der Waals surface area contributed by atoms with Crippen LogP contribution in [0.3, 0.4) is 0 Å². The number of oxazole rings is 1. The number of ketones is 1. The first-order valence-electron chi connectivity index (χ1n) is 21.2. The number of aliphatic imine (C=N–C) groups is 1. The molecule has 3 N–H and O–H groups in total. The maximum atomic E-state index is 14.9. The number of ether oxygens (including phenoxy) is 6. The number of nitrogens with two attached hydrogens (primary N) is 1. The Kier molecular flexibility index (Phi) is 15.2. The van der Waals surface area contributed by atoms with E-state index in [2.05, 4.69) is 20.0 Å². The van der Waals surface area contributed by atoms with E-state index in [0.717, 1.165) is 5.56 Å². The molecule has 3 saturated heterocycles. The van der Waals surface area contributed by atoms with Crippen LogP contribution in [0.1, 0.15) is 94.1 Å². The molecule has 1 aromatic heterocycles. The lowest BCUT2D eigenvalue weighted by atomic mass is 9.71. The van der Waals surface area contributed by atoms with Gasteiger partial charge in [-0.2, -0.15) is 4.98 Å². The third-order valence-corrected chi connectivity index (χ3v) is 12.6. The Hall–Kier alpha value is -3.84. The van der Waals surface area contributed by atoms with E-state index >= 15 is 0 Å². The molecule has 0 spiro atoms. The van der Waals surface area contributed by atoms with Crippen molar-refractivity contribution in [2.45, 2.75) is 149 Å². The molecule has 0 unspecified atom stereocenters. The number of oxime groups is 1. The Balaban J connectivity index is 1.69. The number of Topliss-reactive ketones (excluding diaryl/α,β-unsaturated/α-hetero) is 1. The van der Waals surface area contributed by atoms with Gasteiger partial charge in [0.25, 0.3) is 6.01 Å². The summed E-state index contributed by atoms with van der Waals surface area (Å²) in [6, 6.07) is 5.27. The standard InChI is InChI=1S/C44H67N5O12/c1-14-33-44(10,53)38-25(4)34(46-27(6)50)23(2)19-43(9,56-22-29(21-55-38)48-57-20-28-15-16-32-30(18-28)47-41(45)59-32)37(26(5)36(51)42(7,8)40(52)60-33)61-39-35(54-13)31(49(11)12)17-24(3)58-39/h15-16,18,23-26,31,33,35,37-39,53H,14,17,19-22H2,1-13H3,(H2,45,47)/b46-34?,48-29+/t23-,24-,25+,26+,31+,33-,35-,37-,38-,39+,43-,44-/m1/s1. The Morgan fingerprint density at radius 1 is 1.08 bits per heavy atom. The molecule has 17 heteroatoms. The van der Waals surface area contributed by atoms with Gasteiger partial charge >= 0.3 is 5.97 Å². The Labute approximate surface area is 359 Å². The minimum atomic E-state index is -1.87. The van der Waals surface area contributed by atoms with Gasteiger partial charge in [-0.15, -0.1) is 0 Å².